The van der Waals surface area contributed by atoms with Crippen molar-refractivity contribution in [2.24, 2.45) is 13.0 Å². The molecule has 0 fully saturated rings. The van der Waals surface area contributed by atoms with E-state index >= 15 is 0 Å². The van der Waals surface area contributed by atoms with Crippen molar-refractivity contribution in [2.75, 3.05) is 6.54 Å². The van der Waals surface area contributed by atoms with Crippen LogP contribution < -0.4 is 5.32 Å². The van der Waals surface area contributed by atoms with Crippen molar-refractivity contribution in [3.63, 3.8) is 0 Å². The van der Waals surface area contributed by atoms with Crippen LogP contribution in [0.15, 0.2) is 61.1 Å². The molecule has 0 radical (unpaired) electrons. The highest BCUT2D eigenvalue weighted by atomic mass is 16.4. The number of hydrogen-bond acceptors (Lipinski definition) is 4. The van der Waals surface area contributed by atoms with Gasteiger partial charge in [-0.3, -0.25) is 19.0 Å². The third-order valence-electron chi connectivity index (χ3n) is 5.81. The minimum absolute atomic E-state index is 0.0193. The van der Waals surface area contributed by atoms with Crippen LogP contribution in [0.5, 0.6) is 0 Å². The van der Waals surface area contributed by atoms with Crippen molar-refractivity contribution in [1.82, 2.24) is 24.9 Å². The first kappa shape index (κ1) is 23.2. The fourth-order valence-electron chi connectivity index (χ4n) is 4.12. The molecule has 0 bridgehead atoms. The van der Waals surface area contributed by atoms with Crippen molar-refractivity contribution >= 4 is 22.8 Å². The van der Waals surface area contributed by atoms with Crippen molar-refractivity contribution in [3.05, 3.63) is 72.2 Å². The number of rotatable bonds is 9. The zero-order valence-electron chi connectivity index (χ0n) is 19.6. The maximum atomic E-state index is 12.3. The van der Waals surface area contributed by atoms with Crippen molar-refractivity contribution in [1.29, 1.82) is 0 Å². The summed E-state index contributed by atoms with van der Waals surface area (Å²) in [5, 5.41) is 21.4. The van der Waals surface area contributed by atoms with Gasteiger partial charge in [0.1, 0.15) is 0 Å². The number of benzene rings is 2. The quantitative estimate of drug-likeness (QED) is 0.389. The summed E-state index contributed by atoms with van der Waals surface area (Å²) >= 11 is 0. The van der Waals surface area contributed by atoms with Crippen molar-refractivity contribution in [2.45, 2.75) is 32.7 Å². The molecule has 34 heavy (non-hydrogen) atoms. The van der Waals surface area contributed by atoms with E-state index in [0.29, 0.717) is 11.5 Å². The highest BCUT2D eigenvalue weighted by Crippen LogP contribution is 2.31. The van der Waals surface area contributed by atoms with Crippen LogP contribution in [0.25, 0.3) is 22.0 Å². The van der Waals surface area contributed by atoms with Gasteiger partial charge in [-0.15, -0.1) is 0 Å². The number of amides is 1. The van der Waals surface area contributed by atoms with Crippen LogP contribution in [0.4, 0.5) is 0 Å². The molecular weight excluding hydrogens is 430 g/mol. The second kappa shape index (κ2) is 9.91. The normalized spacial score (nSPS) is 12.2. The van der Waals surface area contributed by atoms with Gasteiger partial charge in [-0.1, -0.05) is 32.0 Å². The topological polar surface area (TPSA) is 102 Å². The first-order chi connectivity index (χ1) is 16.3. The van der Waals surface area contributed by atoms with E-state index in [2.05, 4.69) is 47.1 Å². The average molecular weight is 460 g/mol. The number of aryl methyl sites for hydroxylation is 1. The highest BCUT2D eigenvalue weighted by Gasteiger charge is 2.20. The molecule has 176 valence electrons. The lowest BCUT2D eigenvalue weighted by atomic mass is 9.96. The van der Waals surface area contributed by atoms with Crippen LogP contribution in [-0.4, -0.2) is 43.1 Å². The van der Waals surface area contributed by atoms with E-state index in [1.807, 2.05) is 37.8 Å². The number of carboxylic acids is 1. The molecule has 2 N–H and O–H groups in total. The van der Waals surface area contributed by atoms with Gasteiger partial charge < -0.3 is 10.4 Å². The zero-order valence-corrected chi connectivity index (χ0v) is 19.6. The molecule has 0 aliphatic carbocycles. The monoisotopic (exact) mass is 459 g/mol. The minimum atomic E-state index is -0.939. The molecule has 4 aromatic rings. The largest absolute Gasteiger partial charge is 0.481 e. The Hall–Kier alpha value is -3.94. The molecule has 1 unspecified atom stereocenters. The third kappa shape index (κ3) is 5.17. The van der Waals surface area contributed by atoms with Crippen molar-refractivity contribution < 1.29 is 14.7 Å². The molecule has 2 aromatic carbocycles. The van der Waals surface area contributed by atoms with Crippen LogP contribution in [0.2, 0.25) is 0 Å². The lowest BCUT2D eigenvalue weighted by Crippen LogP contribution is -2.26. The van der Waals surface area contributed by atoms with Crippen LogP contribution in [0.1, 0.15) is 48.7 Å². The third-order valence-corrected chi connectivity index (χ3v) is 5.81. The van der Waals surface area contributed by atoms with Gasteiger partial charge in [0.2, 0.25) is 0 Å². The number of hydrogen-bond donors (Lipinski definition) is 2. The van der Waals surface area contributed by atoms with Gasteiger partial charge in [-0.2, -0.15) is 10.2 Å². The van der Waals surface area contributed by atoms with Gasteiger partial charge in [-0.05, 0) is 47.7 Å². The number of nitrogens with zero attached hydrogens (tertiary/aromatic N) is 4. The molecule has 0 aliphatic heterocycles. The molecule has 4 rings (SSSR count). The summed E-state index contributed by atoms with van der Waals surface area (Å²) < 4.78 is 3.85. The fourth-order valence-corrected chi connectivity index (χ4v) is 4.12. The van der Waals surface area contributed by atoms with Gasteiger partial charge in [0.25, 0.3) is 5.91 Å². The van der Waals surface area contributed by atoms with E-state index in [4.69, 9.17) is 10.2 Å². The Morgan fingerprint density at radius 2 is 1.79 bits per heavy atom. The van der Waals surface area contributed by atoms with Crippen LogP contribution in [0.3, 0.4) is 0 Å². The first-order valence-corrected chi connectivity index (χ1v) is 11.4. The molecule has 8 nitrogen and oxygen atoms in total. The van der Waals surface area contributed by atoms with E-state index in [9.17, 15) is 9.59 Å². The van der Waals surface area contributed by atoms with E-state index < -0.39 is 5.97 Å². The van der Waals surface area contributed by atoms with E-state index in [0.717, 1.165) is 34.0 Å². The smallest absolute Gasteiger partial charge is 0.305 e. The molecule has 2 heterocycles. The maximum Gasteiger partial charge on any atom is 0.305 e. The van der Waals surface area contributed by atoms with Gasteiger partial charge in [-0.25, -0.2) is 0 Å². The molecule has 1 amide bonds. The van der Waals surface area contributed by atoms with Crippen LogP contribution in [-0.2, 0) is 11.8 Å². The molecule has 8 heteroatoms. The summed E-state index contributed by atoms with van der Waals surface area (Å²) in [5.41, 5.74) is 4.78. The van der Waals surface area contributed by atoms with Gasteiger partial charge >= 0.3 is 5.97 Å². The van der Waals surface area contributed by atoms with Gasteiger partial charge in [0.05, 0.1) is 30.4 Å². The summed E-state index contributed by atoms with van der Waals surface area (Å²) in [6.07, 6.45) is 6.53. The second-order valence-electron chi connectivity index (χ2n) is 8.93. The van der Waals surface area contributed by atoms with Crippen molar-refractivity contribution in [3.8, 4) is 11.1 Å². The highest BCUT2D eigenvalue weighted by molar-refractivity contribution is 5.94. The van der Waals surface area contributed by atoms with E-state index in [1.54, 1.807) is 16.8 Å². The predicted octanol–water partition coefficient (Wildman–Crippen LogP) is 4.28. The number of carbonyl (C=O) groups is 2. The fraction of sp³-hybridized carbons (Fsp3) is 0.308. The molecule has 0 saturated heterocycles. The maximum absolute atomic E-state index is 12.3. The lowest BCUT2D eigenvalue weighted by Gasteiger charge is -2.21. The number of fused-ring (bicyclic) bond motifs is 1. The molecule has 0 aliphatic rings. The summed E-state index contributed by atoms with van der Waals surface area (Å²) in [6, 6.07) is 13.8. The Bertz CT molecular complexity index is 1300. The Morgan fingerprint density at radius 3 is 2.44 bits per heavy atom. The number of carbonyl (C=O) groups excluding carboxylic acids is 1. The Balaban J connectivity index is 1.60. The Morgan fingerprint density at radius 1 is 1.03 bits per heavy atom. The lowest BCUT2D eigenvalue weighted by molar-refractivity contribution is -0.136. The number of nitrogens with one attached hydrogen (secondary N) is 1. The SMILES string of the molecule is CC(C)CC(c1ccc(C(=O)NCCC(=O)O)cc1)n1ncc2cc(-c3cnn(C)c3)ccc21. The van der Waals surface area contributed by atoms with E-state index in [1.165, 1.54) is 0 Å². The summed E-state index contributed by atoms with van der Waals surface area (Å²) in [4.78, 5) is 23.0. The summed E-state index contributed by atoms with van der Waals surface area (Å²) in [5.74, 6) is -0.773. The van der Waals surface area contributed by atoms with Gasteiger partial charge in [0.15, 0.2) is 0 Å². The van der Waals surface area contributed by atoms with Gasteiger partial charge in [0, 0.05) is 36.3 Å². The van der Waals surface area contributed by atoms with Crippen LogP contribution in [0, 0.1) is 5.92 Å². The Labute approximate surface area is 198 Å². The summed E-state index contributed by atoms with van der Waals surface area (Å²) in [7, 11) is 1.90. The molecule has 0 spiro atoms. The average Bonchev–Trinajstić information content (AvgIpc) is 3.43. The van der Waals surface area contributed by atoms with E-state index in [-0.39, 0.29) is 24.9 Å². The standard InChI is InChI=1S/C26H29N5O3/c1-17(2)12-24(18-4-6-19(7-5-18)26(34)27-11-10-25(32)33)31-23-9-8-20(13-21(23)14-29-31)22-15-28-30(3)16-22/h4-9,13-17,24H,10-12H2,1-3H3,(H,27,34)(H,32,33). The Kier molecular flexibility index (Phi) is 6.77. The predicted molar refractivity (Wildman–Crippen MR) is 131 cm³/mol. The molecule has 1 atom stereocenters. The first-order valence-electron chi connectivity index (χ1n) is 11.4. The molecular formula is C26H29N5O3. The number of aromatic nitrogens is 4. The second-order valence-corrected chi connectivity index (χ2v) is 8.93. The van der Waals surface area contributed by atoms with Crippen LogP contribution >= 0.6 is 0 Å². The summed E-state index contributed by atoms with van der Waals surface area (Å²) in [6.45, 7) is 4.47. The molecule has 0 saturated carbocycles. The number of aliphatic carboxylic acids is 1. The zero-order chi connectivity index (χ0) is 24.2. The molecule has 2 aromatic heterocycles. The number of carboxylic acid groups (broad SMARTS) is 1. The minimum Gasteiger partial charge on any atom is -0.481 e.